The van der Waals surface area contributed by atoms with E-state index in [0.717, 1.165) is 31.6 Å². The Hall–Kier alpha value is -0.0800. The molecule has 1 rings (SSSR count). The zero-order valence-electron chi connectivity index (χ0n) is 12.4. The average Bonchev–Trinajstić information content (AvgIpc) is 2.30. The predicted molar refractivity (Wildman–Crippen MR) is 74.1 cm³/mol. The molecule has 1 saturated carbocycles. The lowest BCUT2D eigenvalue weighted by molar-refractivity contribution is -0.0730. The minimum Gasteiger partial charge on any atom is -0.391 e. The SMILES string of the molecule is CCC(CC)C(O)C1(N(C)C)CCCC(C)C1. The Morgan fingerprint density at radius 1 is 1.29 bits per heavy atom. The van der Waals surface area contributed by atoms with Gasteiger partial charge in [-0.25, -0.2) is 0 Å². The number of hydrogen-bond acceptors (Lipinski definition) is 2. The van der Waals surface area contributed by atoms with Crippen molar-refractivity contribution in [1.29, 1.82) is 0 Å². The standard InChI is InChI=1S/C15H31NO/c1-6-13(7-2)14(17)15(16(4)5)10-8-9-12(3)11-15/h12-14,17H,6-11H2,1-5H3. The van der Waals surface area contributed by atoms with Crippen LogP contribution in [0.3, 0.4) is 0 Å². The van der Waals surface area contributed by atoms with Crippen molar-refractivity contribution in [3.63, 3.8) is 0 Å². The first kappa shape index (κ1) is 15.0. The van der Waals surface area contributed by atoms with Crippen LogP contribution >= 0.6 is 0 Å². The van der Waals surface area contributed by atoms with Crippen LogP contribution < -0.4 is 0 Å². The Kier molecular flexibility index (Phi) is 5.46. The summed E-state index contributed by atoms with van der Waals surface area (Å²) in [5.41, 5.74) is 0.0222. The molecule has 0 spiro atoms. The van der Waals surface area contributed by atoms with Crippen molar-refractivity contribution in [2.24, 2.45) is 11.8 Å². The highest BCUT2D eigenvalue weighted by Crippen LogP contribution is 2.41. The van der Waals surface area contributed by atoms with Crippen LogP contribution in [0.2, 0.25) is 0 Å². The molecule has 102 valence electrons. The van der Waals surface area contributed by atoms with E-state index in [-0.39, 0.29) is 11.6 Å². The van der Waals surface area contributed by atoms with Crippen molar-refractivity contribution in [2.75, 3.05) is 14.1 Å². The maximum atomic E-state index is 10.8. The lowest BCUT2D eigenvalue weighted by Gasteiger charge is -2.50. The number of rotatable bonds is 5. The second-order valence-electron chi connectivity index (χ2n) is 6.22. The van der Waals surface area contributed by atoms with Gasteiger partial charge in [0.2, 0.25) is 0 Å². The van der Waals surface area contributed by atoms with Gasteiger partial charge in [0.05, 0.1) is 6.10 Å². The average molecular weight is 241 g/mol. The van der Waals surface area contributed by atoms with Gasteiger partial charge in [0.1, 0.15) is 0 Å². The van der Waals surface area contributed by atoms with Crippen LogP contribution in [0, 0.1) is 11.8 Å². The van der Waals surface area contributed by atoms with Crippen LogP contribution in [-0.2, 0) is 0 Å². The van der Waals surface area contributed by atoms with E-state index in [1.54, 1.807) is 0 Å². The van der Waals surface area contributed by atoms with Gasteiger partial charge in [0, 0.05) is 5.54 Å². The van der Waals surface area contributed by atoms with Crippen molar-refractivity contribution in [3.05, 3.63) is 0 Å². The third kappa shape index (κ3) is 3.03. The fraction of sp³-hybridized carbons (Fsp3) is 1.00. The lowest BCUT2D eigenvalue weighted by atomic mass is 9.68. The molecule has 2 heteroatoms. The van der Waals surface area contributed by atoms with E-state index in [4.69, 9.17) is 0 Å². The molecule has 0 aromatic heterocycles. The van der Waals surface area contributed by atoms with Gasteiger partial charge >= 0.3 is 0 Å². The highest BCUT2D eigenvalue weighted by atomic mass is 16.3. The predicted octanol–water partition coefficient (Wildman–Crippen LogP) is 3.29. The molecule has 0 bridgehead atoms. The van der Waals surface area contributed by atoms with E-state index in [2.05, 4.69) is 39.8 Å². The van der Waals surface area contributed by atoms with Crippen LogP contribution in [0.15, 0.2) is 0 Å². The fourth-order valence-corrected chi connectivity index (χ4v) is 3.68. The summed E-state index contributed by atoms with van der Waals surface area (Å²) < 4.78 is 0. The molecule has 0 aromatic carbocycles. The molecular formula is C15H31NO. The largest absolute Gasteiger partial charge is 0.391 e. The number of hydrogen-bond donors (Lipinski definition) is 1. The third-order valence-electron chi connectivity index (χ3n) is 4.95. The van der Waals surface area contributed by atoms with Gasteiger partial charge in [-0.2, -0.15) is 0 Å². The molecule has 0 radical (unpaired) electrons. The Balaban J connectivity index is 2.90. The van der Waals surface area contributed by atoms with Crippen molar-refractivity contribution >= 4 is 0 Å². The lowest BCUT2D eigenvalue weighted by Crippen LogP contribution is -2.58. The highest BCUT2D eigenvalue weighted by Gasteiger charge is 2.45. The van der Waals surface area contributed by atoms with Gasteiger partial charge in [-0.3, -0.25) is 0 Å². The molecule has 0 amide bonds. The molecule has 2 nitrogen and oxygen atoms in total. The molecule has 0 saturated heterocycles. The van der Waals surface area contributed by atoms with Gasteiger partial charge in [-0.05, 0) is 38.8 Å². The molecule has 0 aromatic rings. The van der Waals surface area contributed by atoms with Crippen molar-refractivity contribution in [2.45, 2.75) is 70.9 Å². The van der Waals surface area contributed by atoms with Crippen LogP contribution in [0.4, 0.5) is 0 Å². The van der Waals surface area contributed by atoms with E-state index >= 15 is 0 Å². The number of nitrogens with zero attached hydrogens (tertiary/aromatic N) is 1. The second-order valence-corrected chi connectivity index (χ2v) is 6.22. The zero-order chi connectivity index (χ0) is 13.1. The van der Waals surface area contributed by atoms with Crippen molar-refractivity contribution in [3.8, 4) is 0 Å². The third-order valence-corrected chi connectivity index (χ3v) is 4.95. The molecule has 1 aliphatic rings. The summed E-state index contributed by atoms with van der Waals surface area (Å²) in [7, 11) is 4.28. The molecule has 1 N–H and O–H groups in total. The second kappa shape index (κ2) is 6.19. The van der Waals surface area contributed by atoms with Gasteiger partial charge in [0.25, 0.3) is 0 Å². The molecule has 3 unspecified atom stereocenters. The van der Waals surface area contributed by atoms with E-state index < -0.39 is 0 Å². The molecule has 0 heterocycles. The Labute approximate surface area is 107 Å². The summed E-state index contributed by atoms with van der Waals surface area (Å²) in [5, 5.41) is 10.8. The van der Waals surface area contributed by atoms with Gasteiger partial charge in [-0.15, -0.1) is 0 Å². The Bertz CT molecular complexity index is 225. The fourth-order valence-electron chi connectivity index (χ4n) is 3.68. The van der Waals surface area contributed by atoms with Crippen molar-refractivity contribution < 1.29 is 5.11 Å². The summed E-state index contributed by atoms with van der Waals surface area (Å²) in [6, 6.07) is 0. The zero-order valence-corrected chi connectivity index (χ0v) is 12.4. The maximum absolute atomic E-state index is 10.8. The highest BCUT2D eigenvalue weighted by molar-refractivity contribution is 5.00. The van der Waals surface area contributed by atoms with E-state index in [9.17, 15) is 5.11 Å². The van der Waals surface area contributed by atoms with Crippen LogP contribution in [0.25, 0.3) is 0 Å². The molecule has 0 aliphatic heterocycles. The summed E-state index contributed by atoms with van der Waals surface area (Å²) in [5.74, 6) is 1.19. The van der Waals surface area contributed by atoms with Crippen LogP contribution in [-0.4, -0.2) is 35.7 Å². The van der Waals surface area contributed by atoms with Crippen molar-refractivity contribution in [1.82, 2.24) is 4.90 Å². The molecule has 1 fully saturated rings. The normalized spacial score (nSPS) is 32.1. The summed E-state index contributed by atoms with van der Waals surface area (Å²) in [6.07, 6.45) is 6.89. The molecule has 17 heavy (non-hydrogen) atoms. The van der Waals surface area contributed by atoms with Gasteiger partial charge in [0.15, 0.2) is 0 Å². The quantitative estimate of drug-likeness (QED) is 0.798. The maximum Gasteiger partial charge on any atom is 0.0751 e. The minimum atomic E-state index is -0.171. The number of likely N-dealkylation sites (N-methyl/N-ethyl adjacent to an activating group) is 1. The van der Waals surface area contributed by atoms with E-state index in [1.807, 2.05) is 0 Å². The minimum absolute atomic E-state index is 0.0222. The number of aliphatic hydroxyl groups is 1. The Morgan fingerprint density at radius 3 is 2.29 bits per heavy atom. The van der Waals surface area contributed by atoms with Crippen LogP contribution in [0.1, 0.15) is 59.3 Å². The first-order valence-electron chi connectivity index (χ1n) is 7.33. The van der Waals surface area contributed by atoms with Gasteiger partial charge in [-0.1, -0.05) is 46.5 Å². The van der Waals surface area contributed by atoms with E-state index in [1.165, 1.54) is 12.8 Å². The summed E-state index contributed by atoms with van der Waals surface area (Å²) in [6.45, 7) is 6.73. The summed E-state index contributed by atoms with van der Waals surface area (Å²) >= 11 is 0. The molecule has 3 atom stereocenters. The first-order valence-corrected chi connectivity index (χ1v) is 7.33. The summed E-state index contributed by atoms with van der Waals surface area (Å²) in [4.78, 5) is 2.30. The monoisotopic (exact) mass is 241 g/mol. The number of aliphatic hydroxyl groups excluding tert-OH is 1. The first-order chi connectivity index (χ1) is 7.97. The molecular weight excluding hydrogens is 210 g/mol. The Morgan fingerprint density at radius 2 is 1.88 bits per heavy atom. The van der Waals surface area contributed by atoms with Crippen LogP contribution in [0.5, 0.6) is 0 Å². The van der Waals surface area contributed by atoms with E-state index in [0.29, 0.717) is 5.92 Å². The molecule has 1 aliphatic carbocycles. The topological polar surface area (TPSA) is 23.5 Å². The smallest absolute Gasteiger partial charge is 0.0751 e. The van der Waals surface area contributed by atoms with Gasteiger partial charge < -0.3 is 10.0 Å².